The number of benzene rings is 1. The summed E-state index contributed by atoms with van der Waals surface area (Å²) >= 11 is 0. The number of hydrogen-bond donors (Lipinski definition) is 2. The third-order valence-corrected chi connectivity index (χ3v) is 3.07. The van der Waals surface area contributed by atoms with E-state index in [9.17, 15) is 4.79 Å². The van der Waals surface area contributed by atoms with Crippen LogP contribution in [0.3, 0.4) is 0 Å². The summed E-state index contributed by atoms with van der Waals surface area (Å²) in [6.07, 6.45) is 1.58. The Kier molecular flexibility index (Phi) is 3.89. The second-order valence-electron chi connectivity index (χ2n) is 4.54. The summed E-state index contributed by atoms with van der Waals surface area (Å²) in [7, 11) is 1.48. The molecular formula is C15H17N3O2. The van der Waals surface area contributed by atoms with Crippen molar-refractivity contribution in [2.24, 2.45) is 0 Å². The second-order valence-corrected chi connectivity index (χ2v) is 4.54. The third kappa shape index (κ3) is 2.71. The topological polar surface area (TPSA) is 77.2 Å². The Morgan fingerprint density at radius 2 is 2.05 bits per heavy atom. The lowest BCUT2D eigenvalue weighted by Crippen LogP contribution is -2.14. The standard InChI is InChI=1S/C15H17N3O2/c1-9-8-13(10(2)7-12(9)16)18-14(19)11-5-4-6-17-15(11)20-3/h4-8H,16H2,1-3H3,(H,18,19). The van der Waals surface area contributed by atoms with Gasteiger partial charge in [0, 0.05) is 17.6 Å². The fourth-order valence-electron chi connectivity index (χ4n) is 1.89. The number of carbonyl (C=O) groups is 1. The molecule has 2 rings (SSSR count). The molecule has 2 aromatic rings. The van der Waals surface area contributed by atoms with Gasteiger partial charge in [-0.2, -0.15) is 0 Å². The first-order valence-corrected chi connectivity index (χ1v) is 6.20. The molecule has 0 atom stereocenters. The average molecular weight is 271 g/mol. The minimum atomic E-state index is -0.262. The van der Waals surface area contributed by atoms with Crippen molar-refractivity contribution in [3.05, 3.63) is 47.2 Å². The normalized spacial score (nSPS) is 10.2. The zero-order chi connectivity index (χ0) is 14.7. The smallest absolute Gasteiger partial charge is 0.261 e. The lowest BCUT2D eigenvalue weighted by molar-refractivity contribution is 0.102. The van der Waals surface area contributed by atoms with Crippen LogP contribution >= 0.6 is 0 Å². The minimum absolute atomic E-state index is 0.262. The van der Waals surface area contributed by atoms with E-state index in [1.807, 2.05) is 26.0 Å². The zero-order valence-corrected chi connectivity index (χ0v) is 11.7. The van der Waals surface area contributed by atoms with Gasteiger partial charge in [0.05, 0.1) is 7.11 Å². The molecule has 0 radical (unpaired) electrons. The van der Waals surface area contributed by atoms with Gasteiger partial charge in [0.1, 0.15) is 5.56 Å². The minimum Gasteiger partial charge on any atom is -0.480 e. The number of nitrogens with one attached hydrogen (secondary N) is 1. The maximum absolute atomic E-state index is 12.3. The maximum atomic E-state index is 12.3. The Bertz CT molecular complexity index is 654. The molecule has 0 saturated heterocycles. The first-order valence-electron chi connectivity index (χ1n) is 6.20. The molecule has 0 unspecified atom stereocenters. The van der Waals surface area contributed by atoms with Gasteiger partial charge in [-0.05, 0) is 49.2 Å². The SMILES string of the molecule is COc1ncccc1C(=O)Nc1cc(C)c(N)cc1C. The number of nitrogen functional groups attached to an aromatic ring is 1. The molecule has 5 nitrogen and oxygen atoms in total. The largest absolute Gasteiger partial charge is 0.480 e. The van der Waals surface area contributed by atoms with Crippen molar-refractivity contribution in [1.82, 2.24) is 4.98 Å². The van der Waals surface area contributed by atoms with E-state index >= 15 is 0 Å². The van der Waals surface area contributed by atoms with E-state index < -0.39 is 0 Å². The number of methoxy groups -OCH3 is 1. The van der Waals surface area contributed by atoms with Gasteiger partial charge >= 0.3 is 0 Å². The molecule has 0 spiro atoms. The van der Waals surface area contributed by atoms with Crippen LogP contribution in [0.4, 0.5) is 11.4 Å². The Labute approximate surface area is 117 Å². The summed E-state index contributed by atoms with van der Waals surface area (Å²) in [5, 5.41) is 2.85. The number of hydrogen-bond acceptors (Lipinski definition) is 4. The predicted octanol–water partition coefficient (Wildman–Crippen LogP) is 2.54. The molecule has 104 valence electrons. The van der Waals surface area contributed by atoms with Crippen LogP contribution in [-0.4, -0.2) is 18.0 Å². The zero-order valence-electron chi connectivity index (χ0n) is 11.7. The van der Waals surface area contributed by atoms with E-state index in [4.69, 9.17) is 10.5 Å². The predicted molar refractivity (Wildman–Crippen MR) is 79.1 cm³/mol. The summed E-state index contributed by atoms with van der Waals surface area (Å²) in [4.78, 5) is 16.3. The van der Waals surface area contributed by atoms with Gasteiger partial charge in [-0.15, -0.1) is 0 Å². The van der Waals surface area contributed by atoms with Crippen LogP contribution in [0.25, 0.3) is 0 Å². The van der Waals surface area contributed by atoms with E-state index in [0.29, 0.717) is 17.1 Å². The monoisotopic (exact) mass is 271 g/mol. The summed E-state index contributed by atoms with van der Waals surface area (Å²) in [6.45, 7) is 3.79. The molecule has 1 heterocycles. The third-order valence-electron chi connectivity index (χ3n) is 3.07. The van der Waals surface area contributed by atoms with Gasteiger partial charge in [-0.25, -0.2) is 4.98 Å². The van der Waals surface area contributed by atoms with Gasteiger partial charge in [-0.1, -0.05) is 0 Å². The van der Waals surface area contributed by atoms with E-state index in [1.165, 1.54) is 7.11 Å². The fraction of sp³-hybridized carbons (Fsp3) is 0.200. The molecule has 0 fully saturated rings. The highest BCUT2D eigenvalue weighted by Crippen LogP contribution is 2.23. The van der Waals surface area contributed by atoms with E-state index in [-0.39, 0.29) is 5.91 Å². The number of nitrogens with two attached hydrogens (primary N) is 1. The fourth-order valence-corrected chi connectivity index (χ4v) is 1.89. The molecule has 0 saturated carbocycles. The molecule has 0 aliphatic heterocycles. The summed E-state index contributed by atoms with van der Waals surface area (Å²) in [5.41, 5.74) is 9.49. The number of anilines is 2. The molecule has 1 aromatic carbocycles. The van der Waals surface area contributed by atoms with Crippen molar-refractivity contribution in [1.29, 1.82) is 0 Å². The molecule has 1 aromatic heterocycles. The van der Waals surface area contributed by atoms with E-state index in [2.05, 4.69) is 10.3 Å². The van der Waals surface area contributed by atoms with Crippen LogP contribution in [0.5, 0.6) is 5.88 Å². The molecule has 0 aliphatic carbocycles. The van der Waals surface area contributed by atoms with Crippen molar-refractivity contribution in [2.45, 2.75) is 13.8 Å². The van der Waals surface area contributed by atoms with E-state index in [0.717, 1.165) is 16.8 Å². The number of pyridine rings is 1. The van der Waals surface area contributed by atoms with Crippen molar-refractivity contribution in [3.63, 3.8) is 0 Å². The number of nitrogens with zero attached hydrogens (tertiary/aromatic N) is 1. The molecule has 0 aliphatic rings. The Hall–Kier alpha value is -2.56. The molecule has 1 amide bonds. The lowest BCUT2D eigenvalue weighted by atomic mass is 10.1. The highest BCUT2D eigenvalue weighted by molar-refractivity contribution is 6.06. The van der Waals surface area contributed by atoms with E-state index in [1.54, 1.807) is 18.3 Å². The molecular weight excluding hydrogens is 254 g/mol. The van der Waals surface area contributed by atoms with Crippen LogP contribution in [0, 0.1) is 13.8 Å². The summed E-state index contributed by atoms with van der Waals surface area (Å²) in [5.74, 6) is 0.0389. The summed E-state index contributed by atoms with van der Waals surface area (Å²) < 4.78 is 5.09. The van der Waals surface area contributed by atoms with Crippen LogP contribution in [0.1, 0.15) is 21.5 Å². The summed E-state index contributed by atoms with van der Waals surface area (Å²) in [6, 6.07) is 7.05. The second kappa shape index (κ2) is 5.61. The number of ether oxygens (including phenoxy) is 1. The van der Waals surface area contributed by atoms with Crippen molar-refractivity contribution < 1.29 is 9.53 Å². The highest BCUT2D eigenvalue weighted by Gasteiger charge is 2.14. The van der Waals surface area contributed by atoms with Crippen LogP contribution in [-0.2, 0) is 0 Å². The van der Waals surface area contributed by atoms with Crippen LogP contribution < -0.4 is 15.8 Å². The lowest BCUT2D eigenvalue weighted by Gasteiger charge is -2.12. The number of rotatable bonds is 3. The number of amides is 1. The molecule has 20 heavy (non-hydrogen) atoms. The highest BCUT2D eigenvalue weighted by atomic mass is 16.5. The average Bonchev–Trinajstić information content (AvgIpc) is 2.44. The Morgan fingerprint density at radius 1 is 1.30 bits per heavy atom. The van der Waals surface area contributed by atoms with Gasteiger partial charge in [-0.3, -0.25) is 4.79 Å². The van der Waals surface area contributed by atoms with Crippen molar-refractivity contribution >= 4 is 17.3 Å². The Morgan fingerprint density at radius 3 is 2.75 bits per heavy atom. The number of aryl methyl sites for hydroxylation is 2. The number of aromatic nitrogens is 1. The van der Waals surface area contributed by atoms with Gasteiger partial charge < -0.3 is 15.8 Å². The van der Waals surface area contributed by atoms with Crippen LogP contribution in [0.2, 0.25) is 0 Å². The quantitative estimate of drug-likeness (QED) is 0.841. The molecule has 0 bridgehead atoms. The molecule has 5 heteroatoms. The van der Waals surface area contributed by atoms with Crippen LogP contribution in [0.15, 0.2) is 30.5 Å². The Balaban J connectivity index is 2.30. The molecule has 3 N–H and O–H groups in total. The van der Waals surface area contributed by atoms with Gasteiger partial charge in [0.2, 0.25) is 5.88 Å². The van der Waals surface area contributed by atoms with Crippen molar-refractivity contribution in [3.8, 4) is 5.88 Å². The van der Waals surface area contributed by atoms with Crippen molar-refractivity contribution in [2.75, 3.05) is 18.2 Å². The van der Waals surface area contributed by atoms with Gasteiger partial charge in [0.15, 0.2) is 0 Å². The first kappa shape index (κ1) is 13.9. The van der Waals surface area contributed by atoms with Gasteiger partial charge in [0.25, 0.3) is 5.91 Å². The maximum Gasteiger partial charge on any atom is 0.261 e. The first-order chi connectivity index (χ1) is 9.52. The number of carbonyl (C=O) groups excluding carboxylic acids is 1.